The van der Waals surface area contributed by atoms with Gasteiger partial charge in [0.25, 0.3) is 11.8 Å². The molecule has 1 aliphatic rings. The summed E-state index contributed by atoms with van der Waals surface area (Å²) in [6.07, 6.45) is 1.76. The number of carbonyl (C=O) groups excluding carboxylic acids is 2. The molecule has 0 spiro atoms. The number of hydrogen-bond donors (Lipinski definition) is 1. The Bertz CT molecular complexity index is 815. The van der Waals surface area contributed by atoms with Gasteiger partial charge in [-0.1, -0.05) is 18.2 Å². The molecule has 1 aliphatic heterocycles. The van der Waals surface area contributed by atoms with Crippen molar-refractivity contribution in [2.45, 2.75) is 12.8 Å². The molecular weight excluding hydrogens is 356 g/mol. The van der Waals surface area contributed by atoms with Gasteiger partial charge in [0.2, 0.25) is 0 Å². The highest BCUT2D eigenvalue weighted by Crippen LogP contribution is 2.27. The Morgan fingerprint density at radius 1 is 0.964 bits per heavy atom. The average molecular weight is 382 g/mol. The Hall–Kier alpha value is -3.02. The van der Waals surface area contributed by atoms with Crippen LogP contribution in [-0.4, -0.2) is 50.6 Å². The fraction of sp³-hybridized carbons (Fsp3) is 0.364. The zero-order valence-corrected chi connectivity index (χ0v) is 16.3. The third-order valence-electron chi connectivity index (χ3n) is 5.12. The maximum atomic E-state index is 12.5. The topological polar surface area (TPSA) is 67.9 Å². The van der Waals surface area contributed by atoms with Gasteiger partial charge in [-0.25, -0.2) is 0 Å². The van der Waals surface area contributed by atoms with Crippen LogP contribution in [0, 0.1) is 5.92 Å². The predicted octanol–water partition coefficient (Wildman–Crippen LogP) is 2.99. The summed E-state index contributed by atoms with van der Waals surface area (Å²) in [5.41, 5.74) is 1.26. The minimum absolute atomic E-state index is 0.0772. The van der Waals surface area contributed by atoms with E-state index in [9.17, 15) is 9.59 Å². The Kier molecular flexibility index (Phi) is 6.53. The molecule has 1 heterocycles. The molecule has 0 bridgehead atoms. The number of piperidine rings is 1. The molecule has 0 radical (unpaired) electrons. The van der Waals surface area contributed by atoms with Gasteiger partial charge < -0.3 is 19.7 Å². The van der Waals surface area contributed by atoms with Crippen LogP contribution < -0.4 is 14.8 Å². The lowest BCUT2D eigenvalue weighted by atomic mass is 9.96. The van der Waals surface area contributed by atoms with E-state index in [1.807, 2.05) is 35.2 Å². The number of benzene rings is 2. The molecule has 2 aromatic carbocycles. The van der Waals surface area contributed by atoms with E-state index in [0.717, 1.165) is 18.4 Å². The lowest BCUT2D eigenvalue weighted by molar-refractivity contribution is 0.0684. The first-order valence-electron chi connectivity index (χ1n) is 9.47. The highest BCUT2D eigenvalue weighted by atomic mass is 16.5. The van der Waals surface area contributed by atoms with Crippen LogP contribution in [0.2, 0.25) is 0 Å². The number of carbonyl (C=O) groups is 2. The van der Waals surface area contributed by atoms with E-state index in [2.05, 4.69) is 5.32 Å². The zero-order valence-electron chi connectivity index (χ0n) is 16.3. The number of rotatable bonds is 6. The summed E-state index contributed by atoms with van der Waals surface area (Å²) in [5.74, 6) is 1.43. The lowest BCUT2D eigenvalue weighted by Crippen LogP contribution is -2.41. The van der Waals surface area contributed by atoms with Crippen molar-refractivity contribution in [1.82, 2.24) is 10.2 Å². The number of amides is 2. The van der Waals surface area contributed by atoms with Gasteiger partial charge in [-0.05, 0) is 49.1 Å². The number of hydrogen-bond acceptors (Lipinski definition) is 4. The molecule has 0 aliphatic carbocycles. The molecule has 3 rings (SSSR count). The van der Waals surface area contributed by atoms with Crippen LogP contribution in [0.4, 0.5) is 0 Å². The summed E-state index contributed by atoms with van der Waals surface area (Å²) < 4.78 is 10.4. The fourth-order valence-corrected chi connectivity index (χ4v) is 3.42. The molecule has 0 saturated carbocycles. The maximum Gasteiger partial charge on any atom is 0.253 e. The normalized spacial score (nSPS) is 14.4. The van der Waals surface area contributed by atoms with E-state index in [-0.39, 0.29) is 11.8 Å². The minimum Gasteiger partial charge on any atom is -0.493 e. The SMILES string of the molecule is COc1ccc(C(=O)NCC2CCN(C(=O)c3ccccc3)CC2)cc1OC. The Morgan fingerprint density at radius 2 is 1.64 bits per heavy atom. The van der Waals surface area contributed by atoms with E-state index < -0.39 is 0 Å². The predicted molar refractivity (Wildman–Crippen MR) is 107 cm³/mol. The van der Waals surface area contributed by atoms with E-state index in [1.54, 1.807) is 32.4 Å². The van der Waals surface area contributed by atoms with Gasteiger partial charge in [0, 0.05) is 30.8 Å². The van der Waals surface area contributed by atoms with E-state index >= 15 is 0 Å². The highest BCUT2D eigenvalue weighted by Gasteiger charge is 2.24. The second-order valence-corrected chi connectivity index (χ2v) is 6.88. The molecular formula is C22H26N2O4. The molecule has 2 aromatic rings. The highest BCUT2D eigenvalue weighted by molar-refractivity contribution is 5.95. The van der Waals surface area contributed by atoms with Gasteiger partial charge in [0.15, 0.2) is 11.5 Å². The number of methoxy groups -OCH3 is 2. The number of nitrogens with zero attached hydrogens (tertiary/aromatic N) is 1. The van der Waals surface area contributed by atoms with Crippen LogP contribution in [-0.2, 0) is 0 Å². The van der Waals surface area contributed by atoms with E-state index in [4.69, 9.17) is 9.47 Å². The van der Waals surface area contributed by atoms with Crippen molar-refractivity contribution < 1.29 is 19.1 Å². The Balaban J connectivity index is 1.49. The van der Waals surface area contributed by atoms with Crippen LogP contribution in [0.25, 0.3) is 0 Å². The van der Waals surface area contributed by atoms with E-state index in [0.29, 0.717) is 42.6 Å². The van der Waals surface area contributed by atoms with Gasteiger partial charge in [0.05, 0.1) is 14.2 Å². The summed E-state index contributed by atoms with van der Waals surface area (Å²) in [5, 5.41) is 2.99. The Labute approximate surface area is 165 Å². The van der Waals surface area contributed by atoms with Gasteiger partial charge >= 0.3 is 0 Å². The number of ether oxygens (including phenoxy) is 2. The molecule has 1 fully saturated rings. The Morgan fingerprint density at radius 3 is 2.29 bits per heavy atom. The first kappa shape index (κ1) is 19.7. The van der Waals surface area contributed by atoms with Crippen molar-refractivity contribution in [1.29, 1.82) is 0 Å². The third kappa shape index (κ3) is 4.63. The molecule has 6 heteroatoms. The summed E-state index contributed by atoms with van der Waals surface area (Å²) in [6, 6.07) is 14.5. The molecule has 28 heavy (non-hydrogen) atoms. The summed E-state index contributed by atoms with van der Waals surface area (Å²) in [7, 11) is 3.11. The van der Waals surface area contributed by atoms with Crippen LogP contribution >= 0.6 is 0 Å². The molecule has 1 N–H and O–H groups in total. The lowest BCUT2D eigenvalue weighted by Gasteiger charge is -2.32. The molecule has 6 nitrogen and oxygen atoms in total. The zero-order chi connectivity index (χ0) is 19.9. The second kappa shape index (κ2) is 9.26. The second-order valence-electron chi connectivity index (χ2n) is 6.88. The largest absolute Gasteiger partial charge is 0.493 e. The third-order valence-corrected chi connectivity index (χ3v) is 5.12. The van der Waals surface area contributed by atoms with Crippen molar-refractivity contribution in [2.75, 3.05) is 33.9 Å². The summed E-state index contributed by atoms with van der Waals surface area (Å²) in [6.45, 7) is 2.02. The average Bonchev–Trinajstić information content (AvgIpc) is 2.77. The molecule has 0 atom stereocenters. The smallest absolute Gasteiger partial charge is 0.253 e. The molecule has 148 valence electrons. The summed E-state index contributed by atoms with van der Waals surface area (Å²) in [4.78, 5) is 26.8. The van der Waals surface area contributed by atoms with Crippen LogP contribution in [0.3, 0.4) is 0 Å². The van der Waals surface area contributed by atoms with Gasteiger partial charge in [-0.2, -0.15) is 0 Å². The van der Waals surface area contributed by atoms with Crippen molar-refractivity contribution in [3.63, 3.8) is 0 Å². The van der Waals surface area contributed by atoms with Crippen LogP contribution in [0.15, 0.2) is 48.5 Å². The molecule has 2 amide bonds. The first-order valence-corrected chi connectivity index (χ1v) is 9.47. The number of nitrogens with one attached hydrogen (secondary N) is 1. The molecule has 1 saturated heterocycles. The minimum atomic E-state index is -0.135. The number of likely N-dealkylation sites (tertiary alicyclic amines) is 1. The summed E-state index contributed by atoms with van der Waals surface area (Å²) >= 11 is 0. The standard InChI is InChI=1S/C22H26N2O4/c1-27-19-9-8-18(14-20(19)28-2)21(25)23-15-16-10-12-24(13-11-16)22(26)17-6-4-3-5-7-17/h3-9,14,16H,10-13,15H2,1-2H3,(H,23,25). The monoisotopic (exact) mass is 382 g/mol. The fourth-order valence-electron chi connectivity index (χ4n) is 3.42. The quantitative estimate of drug-likeness (QED) is 0.834. The van der Waals surface area contributed by atoms with Crippen LogP contribution in [0.1, 0.15) is 33.6 Å². The van der Waals surface area contributed by atoms with Gasteiger partial charge in [-0.15, -0.1) is 0 Å². The molecule has 0 unspecified atom stereocenters. The van der Waals surface area contributed by atoms with Gasteiger partial charge in [-0.3, -0.25) is 9.59 Å². The van der Waals surface area contributed by atoms with Crippen molar-refractivity contribution >= 4 is 11.8 Å². The maximum absolute atomic E-state index is 12.5. The molecule has 0 aromatic heterocycles. The first-order chi connectivity index (χ1) is 13.6. The van der Waals surface area contributed by atoms with Gasteiger partial charge in [0.1, 0.15) is 0 Å². The van der Waals surface area contributed by atoms with E-state index in [1.165, 1.54) is 0 Å². The van der Waals surface area contributed by atoms with Crippen molar-refractivity contribution in [3.05, 3.63) is 59.7 Å². The van der Waals surface area contributed by atoms with Crippen LogP contribution in [0.5, 0.6) is 11.5 Å². The van der Waals surface area contributed by atoms with Crippen molar-refractivity contribution in [2.24, 2.45) is 5.92 Å². The van der Waals surface area contributed by atoms with Crippen molar-refractivity contribution in [3.8, 4) is 11.5 Å².